The van der Waals surface area contributed by atoms with Gasteiger partial charge < -0.3 is 5.32 Å². The van der Waals surface area contributed by atoms with E-state index in [0.717, 1.165) is 23.9 Å². The smallest absolute Gasteiger partial charge is 0.0991 e. The van der Waals surface area contributed by atoms with Crippen LogP contribution in [0.15, 0.2) is 24.3 Å². The number of benzene rings is 1. The minimum atomic E-state index is 0.751. The van der Waals surface area contributed by atoms with Crippen LogP contribution in [0.5, 0.6) is 0 Å². The maximum absolute atomic E-state index is 8.82. The van der Waals surface area contributed by atoms with Crippen LogP contribution in [-0.4, -0.2) is 31.1 Å². The Labute approximate surface area is 121 Å². The summed E-state index contributed by atoms with van der Waals surface area (Å²) in [6.45, 7) is 5.93. The van der Waals surface area contributed by atoms with Crippen LogP contribution in [0.2, 0.25) is 0 Å². The third kappa shape index (κ3) is 3.20. The molecule has 2 saturated heterocycles. The molecule has 0 bridgehead atoms. The maximum atomic E-state index is 8.82. The van der Waals surface area contributed by atoms with E-state index in [4.69, 9.17) is 5.26 Å². The number of likely N-dealkylation sites (tertiary alicyclic amines) is 1. The molecule has 0 aromatic heterocycles. The predicted molar refractivity (Wildman–Crippen MR) is 80.1 cm³/mol. The summed E-state index contributed by atoms with van der Waals surface area (Å²) in [7, 11) is 0. The molecular formula is C17H23N3. The van der Waals surface area contributed by atoms with Gasteiger partial charge in [-0.15, -0.1) is 0 Å². The second kappa shape index (κ2) is 6.39. The average molecular weight is 269 g/mol. The van der Waals surface area contributed by atoms with Gasteiger partial charge in [-0.1, -0.05) is 12.1 Å². The third-order valence-electron chi connectivity index (χ3n) is 4.89. The maximum Gasteiger partial charge on any atom is 0.0991 e. The minimum absolute atomic E-state index is 0.751. The summed E-state index contributed by atoms with van der Waals surface area (Å²) >= 11 is 0. The molecule has 106 valence electrons. The Morgan fingerprint density at radius 2 is 1.85 bits per heavy atom. The van der Waals surface area contributed by atoms with E-state index in [0.29, 0.717) is 0 Å². The summed E-state index contributed by atoms with van der Waals surface area (Å²) in [4.78, 5) is 2.56. The zero-order valence-electron chi connectivity index (χ0n) is 12.0. The molecule has 1 N–H and O–H groups in total. The first kappa shape index (κ1) is 13.6. The average Bonchev–Trinajstić information content (AvgIpc) is 3.03. The normalized spacial score (nSPS) is 24.6. The number of hydrogen-bond donors (Lipinski definition) is 1. The van der Waals surface area contributed by atoms with Gasteiger partial charge >= 0.3 is 0 Å². The Hall–Kier alpha value is -1.37. The molecule has 1 atom stereocenters. The van der Waals surface area contributed by atoms with Crippen LogP contribution < -0.4 is 5.32 Å². The highest BCUT2D eigenvalue weighted by Gasteiger charge is 2.28. The van der Waals surface area contributed by atoms with Crippen LogP contribution >= 0.6 is 0 Å². The molecule has 1 unspecified atom stereocenters. The Kier molecular flexibility index (Phi) is 4.34. The molecule has 2 aliphatic heterocycles. The van der Waals surface area contributed by atoms with Gasteiger partial charge in [0.2, 0.25) is 0 Å². The van der Waals surface area contributed by atoms with Crippen LogP contribution in [-0.2, 0) is 6.54 Å². The lowest BCUT2D eigenvalue weighted by molar-refractivity contribution is 0.146. The first-order valence-corrected chi connectivity index (χ1v) is 7.77. The largest absolute Gasteiger partial charge is 0.316 e. The molecule has 0 aliphatic carbocycles. The molecule has 2 aliphatic rings. The van der Waals surface area contributed by atoms with Crippen molar-refractivity contribution in [3.05, 3.63) is 35.4 Å². The molecule has 3 nitrogen and oxygen atoms in total. The van der Waals surface area contributed by atoms with Crippen molar-refractivity contribution in [1.82, 2.24) is 10.2 Å². The second-order valence-electron chi connectivity index (χ2n) is 6.18. The van der Waals surface area contributed by atoms with Crippen molar-refractivity contribution in [2.24, 2.45) is 11.8 Å². The summed E-state index contributed by atoms with van der Waals surface area (Å²) in [5, 5.41) is 12.3. The highest BCUT2D eigenvalue weighted by Crippen LogP contribution is 2.29. The summed E-state index contributed by atoms with van der Waals surface area (Å²) in [5.74, 6) is 1.86. The van der Waals surface area contributed by atoms with E-state index in [2.05, 4.69) is 28.4 Å². The van der Waals surface area contributed by atoms with E-state index in [9.17, 15) is 0 Å². The molecule has 1 aromatic carbocycles. The molecule has 20 heavy (non-hydrogen) atoms. The van der Waals surface area contributed by atoms with Crippen LogP contribution in [0.25, 0.3) is 0 Å². The van der Waals surface area contributed by atoms with Gasteiger partial charge in [0.15, 0.2) is 0 Å². The molecule has 0 amide bonds. The molecule has 2 fully saturated rings. The second-order valence-corrected chi connectivity index (χ2v) is 6.18. The van der Waals surface area contributed by atoms with Gasteiger partial charge in [-0.2, -0.15) is 5.26 Å². The Balaban J connectivity index is 1.49. The van der Waals surface area contributed by atoms with Crippen LogP contribution in [0, 0.1) is 23.2 Å². The van der Waals surface area contributed by atoms with Gasteiger partial charge in [0.1, 0.15) is 0 Å². The van der Waals surface area contributed by atoms with E-state index < -0.39 is 0 Å². The van der Waals surface area contributed by atoms with E-state index in [-0.39, 0.29) is 0 Å². The summed E-state index contributed by atoms with van der Waals surface area (Å²) in [5.41, 5.74) is 2.08. The van der Waals surface area contributed by atoms with Crippen molar-refractivity contribution in [3.8, 4) is 6.07 Å². The lowest BCUT2D eigenvalue weighted by Gasteiger charge is -2.34. The van der Waals surface area contributed by atoms with E-state index in [1.54, 1.807) is 0 Å². The Morgan fingerprint density at radius 1 is 1.10 bits per heavy atom. The molecule has 0 radical (unpaired) electrons. The molecule has 0 saturated carbocycles. The number of nitriles is 1. The van der Waals surface area contributed by atoms with Gasteiger partial charge in [0.05, 0.1) is 11.6 Å². The molecule has 3 heteroatoms. The number of piperidine rings is 1. The number of rotatable bonds is 3. The molecular weight excluding hydrogens is 246 g/mol. The number of nitrogens with one attached hydrogen (secondary N) is 1. The molecule has 2 heterocycles. The van der Waals surface area contributed by atoms with Gasteiger partial charge in [-0.05, 0) is 75.0 Å². The number of hydrogen-bond acceptors (Lipinski definition) is 3. The van der Waals surface area contributed by atoms with Crippen LogP contribution in [0.1, 0.15) is 30.4 Å². The monoisotopic (exact) mass is 269 g/mol. The SMILES string of the molecule is N#Cc1ccc(CN2CCC(C3CCNC3)CC2)cc1. The zero-order valence-corrected chi connectivity index (χ0v) is 12.0. The van der Waals surface area contributed by atoms with E-state index >= 15 is 0 Å². The topological polar surface area (TPSA) is 39.1 Å². The van der Waals surface area contributed by atoms with Gasteiger partial charge in [-0.25, -0.2) is 0 Å². The minimum Gasteiger partial charge on any atom is -0.316 e. The van der Waals surface area contributed by atoms with Crippen molar-refractivity contribution in [1.29, 1.82) is 5.26 Å². The van der Waals surface area contributed by atoms with Crippen molar-refractivity contribution in [2.75, 3.05) is 26.2 Å². The Morgan fingerprint density at radius 3 is 2.45 bits per heavy atom. The van der Waals surface area contributed by atoms with Crippen molar-refractivity contribution in [2.45, 2.75) is 25.8 Å². The van der Waals surface area contributed by atoms with E-state index in [1.165, 1.54) is 51.0 Å². The van der Waals surface area contributed by atoms with Crippen molar-refractivity contribution in [3.63, 3.8) is 0 Å². The fourth-order valence-electron chi connectivity index (χ4n) is 3.60. The lowest BCUT2D eigenvalue weighted by atomic mass is 9.84. The van der Waals surface area contributed by atoms with Gasteiger partial charge in [-0.3, -0.25) is 4.90 Å². The summed E-state index contributed by atoms with van der Waals surface area (Å²) in [6.07, 6.45) is 4.07. The molecule has 1 aromatic rings. The highest BCUT2D eigenvalue weighted by atomic mass is 15.1. The zero-order chi connectivity index (χ0) is 13.8. The molecule has 3 rings (SSSR count). The third-order valence-corrected chi connectivity index (χ3v) is 4.89. The highest BCUT2D eigenvalue weighted by molar-refractivity contribution is 5.31. The van der Waals surface area contributed by atoms with E-state index in [1.807, 2.05) is 12.1 Å². The predicted octanol–water partition coefficient (Wildman–Crippen LogP) is 2.38. The Bertz CT molecular complexity index is 460. The summed E-state index contributed by atoms with van der Waals surface area (Å²) < 4.78 is 0. The quantitative estimate of drug-likeness (QED) is 0.915. The van der Waals surface area contributed by atoms with Gasteiger partial charge in [0, 0.05) is 6.54 Å². The fourth-order valence-corrected chi connectivity index (χ4v) is 3.60. The lowest BCUT2D eigenvalue weighted by Crippen LogP contribution is -2.36. The first-order valence-electron chi connectivity index (χ1n) is 7.77. The van der Waals surface area contributed by atoms with Crippen molar-refractivity contribution >= 4 is 0 Å². The molecule has 0 spiro atoms. The first-order chi connectivity index (χ1) is 9.85. The summed E-state index contributed by atoms with van der Waals surface area (Å²) in [6, 6.07) is 10.2. The fraction of sp³-hybridized carbons (Fsp3) is 0.588. The van der Waals surface area contributed by atoms with Crippen LogP contribution in [0.4, 0.5) is 0 Å². The van der Waals surface area contributed by atoms with Crippen molar-refractivity contribution < 1.29 is 0 Å². The van der Waals surface area contributed by atoms with Crippen LogP contribution in [0.3, 0.4) is 0 Å². The van der Waals surface area contributed by atoms with Gasteiger partial charge in [0.25, 0.3) is 0 Å². The number of nitrogens with zero attached hydrogens (tertiary/aromatic N) is 2. The standard InChI is InChI=1S/C17H23N3/c18-11-14-1-3-15(4-2-14)13-20-9-6-16(7-10-20)17-5-8-19-12-17/h1-4,16-17,19H,5-10,12-13H2.